The third-order valence-electron chi connectivity index (χ3n) is 2.83. The van der Waals surface area contributed by atoms with Gasteiger partial charge in [0.05, 0.1) is 12.7 Å². The average Bonchev–Trinajstić information content (AvgIpc) is 2.76. The maximum atomic E-state index is 11.5. The molecule has 84 valence electrons. The number of ether oxygens (including phenoxy) is 1. The molecule has 0 radical (unpaired) electrons. The average molecular weight is 210 g/mol. The molecule has 15 heavy (non-hydrogen) atoms. The fraction of sp³-hybridized carbons (Fsp3) is 0.667. The summed E-state index contributed by atoms with van der Waals surface area (Å²) < 4.78 is 4.62. The van der Waals surface area contributed by atoms with Crippen LogP contribution in [0.1, 0.15) is 39.0 Å². The van der Waals surface area contributed by atoms with Crippen molar-refractivity contribution in [1.29, 1.82) is 0 Å². The molecular weight excluding hydrogens is 192 g/mol. The van der Waals surface area contributed by atoms with Crippen molar-refractivity contribution in [3.05, 3.63) is 11.6 Å². The third kappa shape index (κ3) is 3.18. The van der Waals surface area contributed by atoms with Crippen LogP contribution in [0, 0.1) is 5.92 Å². The molecule has 1 saturated carbocycles. The van der Waals surface area contributed by atoms with Crippen molar-refractivity contribution >= 4 is 11.8 Å². The van der Waals surface area contributed by atoms with Crippen LogP contribution in [-0.4, -0.2) is 18.9 Å². The lowest BCUT2D eigenvalue weighted by molar-refractivity contribution is -0.137. The molecule has 3 heteroatoms. The van der Waals surface area contributed by atoms with Crippen LogP contribution in [0.2, 0.25) is 0 Å². The molecule has 0 heterocycles. The van der Waals surface area contributed by atoms with E-state index < -0.39 is 5.97 Å². The van der Waals surface area contributed by atoms with Crippen molar-refractivity contribution in [3.8, 4) is 0 Å². The third-order valence-corrected chi connectivity index (χ3v) is 2.83. The first-order valence-electron chi connectivity index (χ1n) is 5.52. The molecule has 0 aromatic heterocycles. The topological polar surface area (TPSA) is 43.4 Å². The van der Waals surface area contributed by atoms with E-state index in [1.54, 1.807) is 6.92 Å². The molecule has 0 aromatic rings. The van der Waals surface area contributed by atoms with Gasteiger partial charge in [-0.25, -0.2) is 4.79 Å². The molecule has 0 amide bonds. The van der Waals surface area contributed by atoms with Gasteiger partial charge in [0.1, 0.15) is 0 Å². The van der Waals surface area contributed by atoms with Crippen LogP contribution in [0.4, 0.5) is 0 Å². The van der Waals surface area contributed by atoms with Crippen LogP contribution in [0.25, 0.3) is 0 Å². The monoisotopic (exact) mass is 210 g/mol. The summed E-state index contributed by atoms with van der Waals surface area (Å²) in [5.41, 5.74) is 0.243. The Morgan fingerprint density at radius 3 is 2.40 bits per heavy atom. The maximum Gasteiger partial charge on any atom is 0.341 e. The van der Waals surface area contributed by atoms with E-state index in [0.29, 0.717) is 12.3 Å². The summed E-state index contributed by atoms with van der Waals surface area (Å²) in [5.74, 6) is -0.225. The standard InChI is InChI=1S/C12H18O3/c1-3-11(13)10(12(14)15-2)8-9-6-4-5-7-9/h8-9H,3-7H2,1-2H3. The van der Waals surface area contributed by atoms with Gasteiger partial charge in [0.25, 0.3) is 0 Å². The molecule has 1 fully saturated rings. The fourth-order valence-electron chi connectivity index (χ4n) is 1.93. The first kappa shape index (κ1) is 12.0. The van der Waals surface area contributed by atoms with Gasteiger partial charge in [-0.1, -0.05) is 25.8 Å². The number of hydrogen-bond donors (Lipinski definition) is 0. The van der Waals surface area contributed by atoms with Crippen molar-refractivity contribution in [2.45, 2.75) is 39.0 Å². The van der Waals surface area contributed by atoms with Crippen LogP contribution >= 0.6 is 0 Å². The van der Waals surface area contributed by atoms with Crippen molar-refractivity contribution in [2.75, 3.05) is 7.11 Å². The Morgan fingerprint density at radius 2 is 1.93 bits per heavy atom. The Hall–Kier alpha value is -1.12. The fourth-order valence-corrected chi connectivity index (χ4v) is 1.93. The number of Topliss-reactive ketones (excluding diaryl/α,β-unsaturated/α-hetero) is 1. The van der Waals surface area contributed by atoms with E-state index >= 15 is 0 Å². The normalized spacial score (nSPS) is 17.9. The van der Waals surface area contributed by atoms with E-state index in [1.165, 1.54) is 20.0 Å². The molecule has 0 unspecified atom stereocenters. The molecule has 1 aliphatic carbocycles. The highest BCUT2D eigenvalue weighted by atomic mass is 16.5. The zero-order valence-electron chi connectivity index (χ0n) is 9.41. The van der Waals surface area contributed by atoms with E-state index in [9.17, 15) is 9.59 Å². The summed E-state index contributed by atoms with van der Waals surface area (Å²) in [4.78, 5) is 22.9. The van der Waals surface area contributed by atoms with E-state index in [0.717, 1.165) is 12.8 Å². The number of carbonyl (C=O) groups excluding carboxylic acids is 2. The van der Waals surface area contributed by atoms with Crippen LogP contribution in [0.5, 0.6) is 0 Å². The minimum absolute atomic E-state index is 0.117. The molecule has 1 aliphatic rings. The van der Waals surface area contributed by atoms with Gasteiger partial charge < -0.3 is 4.74 Å². The Bertz CT molecular complexity index is 255. The maximum absolute atomic E-state index is 11.5. The van der Waals surface area contributed by atoms with Crippen LogP contribution in [-0.2, 0) is 14.3 Å². The van der Waals surface area contributed by atoms with Crippen molar-refractivity contribution in [2.24, 2.45) is 5.92 Å². The highest BCUT2D eigenvalue weighted by molar-refractivity contribution is 6.17. The minimum atomic E-state index is -0.492. The Labute approximate surface area is 90.5 Å². The quantitative estimate of drug-likeness (QED) is 0.309. The second kappa shape index (κ2) is 5.69. The molecule has 0 atom stereocenters. The zero-order chi connectivity index (χ0) is 11.3. The first-order chi connectivity index (χ1) is 7.19. The van der Waals surface area contributed by atoms with Gasteiger partial charge in [-0.2, -0.15) is 0 Å². The summed E-state index contributed by atoms with van der Waals surface area (Å²) in [6.45, 7) is 1.76. The summed E-state index contributed by atoms with van der Waals surface area (Å²) in [6.07, 6.45) is 6.71. The lowest BCUT2D eigenvalue weighted by atomic mass is 10.0. The number of methoxy groups -OCH3 is 1. The highest BCUT2D eigenvalue weighted by Gasteiger charge is 2.21. The highest BCUT2D eigenvalue weighted by Crippen LogP contribution is 2.27. The summed E-state index contributed by atoms with van der Waals surface area (Å²) in [7, 11) is 1.31. The molecule has 0 aliphatic heterocycles. The van der Waals surface area contributed by atoms with Gasteiger partial charge in [-0.3, -0.25) is 4.79 Å². The number of carbonyl (C=O) groups is 2. The molecule has 0 aromatic carbocycles. The molecule has 0 spiro atoms. The predicted molar refractivity (Wildman–Crippen MR) is 57.4 cm³/mol. The Balaban J connectivity index is 2.78. The first-order valence-corrected chi connectivity index (χ1v) is 5.52. The molecule has 1 rings (SSSR count). The smallest absolute Gasteiger partial charge is 0.341 e. The summed E-state index contributed by atoms with van der Waals surface area (Å²) in [6, 6.07) is 0. The minimum Gasteiger partial charge on any atom is -0.465 e. The Kier molecular flexibility index (Phi) is 4.53. The van der Waals surface area contributed by atoms with Gasteiger partial charge in [0.2, 0.25) is 0 Å². The predicted octanol–water partition coefficient (Wildman–Crippen LogP) is 2.26. The second-order valence-electron chi connectivity index (χ2n) is 3.89. The number of rotatable bonds is 4. The SMILES string of the molecule is CCC(=O)C(=CC1CCCC1)C(=O)OC. The number of hydrogen-bond acceptors (Lipinski definition) is 3. The van der Waals surface area contributed by atoms with Crippen LogP contribution < -0.4 is 0 Å². The van der Waals surface area contributed by atoms with Crippen molar-refractivity contribution in [3.63, 3.8) is 0 Å². The molecule has 3 nitrogen and oxygen atoms in total. The number of allylic oxidation sites excluding steroid dienone is 1. The molecular formula is C12H18O3. The molecule has 0 bridgehead atoms. The van der Waals surface area contributed by atoms with E-state index in [1.807, 2.05) is 6.08 Å². The zero-order valence-corrected chi connectivity index (χ0v) is 9.41. The van der Waals surface area contributed by atoms with Gasteiger partial charge in [0, 0.05) is 6.42 Å². The van der Waals surface area contributed by atoms with E-state index in [2.05, 4.69) is 4.74 Å². The molecule has 0 saturated heterocycles. The van der Waals surface area contributed by atoms with Crippen LogP contribution in [0.3, 0.4) is 0 Å². The van der Waals surface area contributed by atoms with E-state index in [-0.39, 0.29) is 11.4 Å². The van der Waals surface area contributed by atoms with Gasteiger partial charge in [-0.05, 0) is 18.8 Å². The second-order valence-corrected chi connectivity index (χ2v) is 3.89. The van der Waals surface area contributed by atoms with Crippen LogP contribution in [0.15, 0.2) is 11.6 Å². The lowest BCUT2D eigenvalue weighted by Crippen LogP contribution is -2.15. The van der Waals surface area contributed by atoms with Crippen molar-refractivity contribution < 1.29 is 14.3 Å². The van der Waals surface area contributed by atoms with Gasteiger partial charge in [0.15, 0.2) is 5.78 Å². The lowest BCUT2D eigenvalue weighted by Gasteiger charge is -2.06. The summed E-state index contributed by atoms with van der Waals surface area (Å²) in [5, 5.41) is 0. The van der Waals surface area contributed by atoms with Gasteiger partial charge in [-0.15, -0.1) is 0 Å². The summed E-state index contributed by atoms with van der Waals surface area (Å²) >= 11 is 0. The van der Waals surface area contributed by atoms with E-state index in [4.69, 9.17) is 0 Å². The van der Waals surface area contributed by atoms with Gasteiger partial charge >= 0.3 is 5.97 Å². The number of ketones is 1. The number of esters is 1. The Morgan fingerprint density at radius 1 is 1.33 bits per heavy atom. The largest absolute Gasteiger partial charge is 0.465 e. The molecule has 0 N–H and O–H groups in total. The van der Waals surface area contributed by atoms with Crippen molar-refractivity contribution in [1.82, 2.24) is 0 Å².